The van der Waals surface area contributed by atoms with Crippen molar-refractivity contribution in [2.75, 3.05) is 33.2 Å². The zero-order valence-corrected chi connectivity index (χ0v) is 9.58. The molecule has 0 radical (unpaired) electrons. The zero-order valence-electron chi connectivity index (χ0n) is 9.58. The molecule has 1 aliphatic carbocycles. The van der Waals surface area contributed by atoms with Gasteiger partial charge in [0.25, 0.3) is 0 Å². The van der Waals surface area contributed by atoms with E-state index >= 15 is 0 Å². The lowest BCUT2D eigenvalue weighted by Gasteiger charge is -2.39. The van der Waals surface area contributed by atoms with Gasteiger partial charge in [-0.1, -0.05) is 0 Å². The first kappa shape index (κ1) is 10.8. The third kappa shape index (κ3) is 2.44. The largest absolute Gasteiger partial charge is 0.401 e. The number of nitrogens with zero attached hydrogens (tertiary/aromatic N) is 2. The minimum Gasteiger partial charge on any atom is -0.401 e. The Hall–Kier alpha value is -0.740. The van der Waals surface area contributed by atoms with Gasteiger partial charge in [0, 0.05) is 50.0 Å². The fourth-order valence-electron chi connectivity index (χ4n) is 2.47. The van der Waals surface area contributed by atoms with Crippen LogP contribution in [0.2, 0.25) is 0 Å². The number of rotatable bonds is 1. The molecule has 0 saturated carbocycles. The average molecular weight is 210 g/mol. The number of piperazine rings is 1. The molecule has 4 nitrogen and oxygen atoms in total. The monoisotopic (exact) mass is 210 g/mol. The fourth-order valence-corrected chi connectivity index (χ4v) is 2.47. The number of hydrogen-bond donors (Lipinski definition) is 2. The second-order valence-corrected chi connectivity index (χ2v) is 4.79. The molecular formula is C11H22N4. The first-order valence-corrected chi connectivity index (χ1v) is 5.82. The Bertz CT molecular complexity index is 253. The van der Waals surface area contributed by atoms with Gasteiger partial charge >= 0.3 is 0 Å². The van der Waals surface area contributed by atoms with Crippen molar-refractivity contribution >= 4 is 0 Å². The predicted octanol–water partition coefficient (Wildman–Crippen LogP) is -0.0847. The third-order valence-electron chi connectivity index (χ3n) is 3.67. The van der Waals surface area contributed by atoms with Crippen molar-refractivity contribution in [1.82, 2.24) is 9.80 Å². The van der Waals surface area contributed by atoms with Gasteiger partial charge in [-0.3, -0.25) is 4.90 Å². The van der Waals surface area contributed by atoms with Crippen molar-refractivity contribution in [3.05, 3.63) is 11.4 Å². The van der Waals surface area contributed by atoms with Crippen molar-refractivity contribution in [3.8, 4) is 0 Å². The van der Waals surface area contributed by atoms with Crippen LogP contribution < -0.4 is 11.5 Å². The molecule has 0 aromatic rings. The summed E-state index contributed by atoms with van der Waals surface area (Å²) in [5.41, 5.74) is 13.6. The standard InChI is InChI=1S/C11H22N4/c1-14-4-6-15(7-5-14)9-2-3-10(12)11(13)8-9/h9H,2-8,12-13H2,1H3. The summed E-state index contributed by atoms with van der Waals surface area (Å²) >= 11 is 0. The Morgan fingerprint density at radius 3 is 2.33 bits per heavy atom. The van der Waals surface area contributed by atoms with Gasteiger partial charge in [0.15, 0.2) is 0 Å². The van der Waals surface area contributed by atoms with Crippen LogP contribution in [0.5, 0.6) is 0 Å². The molecule has 86 valence electrons. The summed E-state index contributed by atoms with van der Waals surface area (Å²) in [7, 11) is 2.18. The predicted molar refractivity (Wildman–Crippen MR) is 62.1 cm³/mol. The molecule has 4 N–H and O–H groups in total. The Balaban J connectivity index is 1.90. The Kier molecular flexibility index (Phi) is 3.17. The molecule has 0 spiro atoms. The summed E-state index contributed by atoms with van der Waals surface area (Å²) in [6.07, 6.45) is 3.12. The van der Waals surface area contributed by atoms with Crippen molar-refractivity contribution < 1.29 is 0 Å². The summed E-state index contributed by atoms with van der Waals surface area (Å²) in [6.45, 7) is 4.70. The molecule has 0 amide bonds. The van der Waals surface area contributed by atoms with E-state index in [0.717, 1.165) is 24.2 Å². The molecule has 0 aromatic carbocycles. The summed E-state index contributed by atoms with van der Waals surface area (Å²) in [5.74, 6) is 0. The van der Waals surface area contributed by atoms with E-state index in [1.807, 2.05) is 0 Å². The summed E-state index contributed by atoms with van der Waals surface area (Å²) in [4.78, 5) is 4.95. The average Bonchev–Trinajstić information content (AvgIpc) is 2.23. The first-order valence-electron chi connectivity index (χ1n) is 5.82. The van der Waals surface area contributed by atoms with Crippen molar-refractivity contribution in [3.63, 3.8) is 0 Å². The Labute approximate surface area is 91.9 Å². The maximum Gasteiger partial charge on any atom is 0.0287 e. The highest BCUT2D eigenvalue weighted by molar-refractivity contribution is 5.13. The summed E-state index contributed by atoms with van der Waals surface area (Å²) in [5, 5.41) is 0. The van der Waals surface area contributed by atoms with Gasteiger partial charge in [0.2, 0.25) is 0 Å². The molecule has 0 aromatic heterocycles. The van der Waals surface area contributed by atoms with E-state index in [1.54, 1.807) is 0 Å². The number of hydrogen-bond acceptors (Lipinski definition) is 4. The molecule has 1 saturated heterocycles. The fraction of sp³-hybridized carbons (Fsp3) is 0.818. The molecule has 2 aliphatic rings. The van der Waals surface area contributed by atoms with E-state index in [4.69, 9.17) is 11.5 Å². The summed E-state index contributed by atoms with van der Waals surface area (Å²) < 4.78 is 0. The molecule has 1 atom stereocenters. The smallest absolute Gasteiger partial charge is 0.0287 e. The van der Waals surface area contributed by atoms with Crippen LogP contribution in [0.25, 0.3) is 0 Å². The van der Waals surface area contributed by atoms with Gasteiger partial charge in [0.05, 0.1) is 0 Å². The molecule has 1 aliphatic heterocycles. The quantitative estimate of drug-likeness (QED) is 0.635. The maximum absolute atomic E-state index is 5.92. The van der Waals surface area contributed by atoms with E-state index in [1.165, 1.54) is 32.6 Å². The van der Waals surface area contributed by atoms with Crippen LogP contribution in [0.15, 0.2) is 11.4 Å². The molecule has 1 heterocycles. The Morgan fingerprint density at radius 2 is 1.73 bits per heavy atom. The van der Waals surface area contributed by atoms with Gasteiger partial charge in [-0.05, 0) is 19.9 Å². The van der Waals surface area contributed by atoms with Crippen LogP contribution in [0.4, 0.5) is 0 Å². The van der Waals surface area contributed by atoms with Crippen LogP contribution in [0.3, 0.4) is 0 Å². The van der Waals surface area contributed by atoms with E-state index < -0.39 is 0 Å². The minimum absolute atomic E-state index is 0.631. The van der Waals surface area contributed by atoms with Crippen LogP contribution in [-0.4, -0.2) is 49.1 Å². The molecule has 1 unspecified atom stereocenters. The van der Waals surface area contributed by atoms with Gasteiger partial charge in [-0.2, -0.15) is 0 Å². The Morgan fingerprint density at radius 1 is 1.07 bits per heavy atom. The molecular weight excluding hydrogens is 188 g/mol. The number of nitrogens with two attached hydrogens (primary N) is 2. The highest BCUT2D eigenvalue weighted by Gasteiger charge is 2.25. The van der Waals surface area contributed by atoms with Gasteiger partial charge in [-0.25, -0.2) is 0 Å². The molecule has 1 fully saturated rings. The number of allylic oxidation sites excluding steroid dienone is 1. The van der Waals surface area contributed by atoms with Crippen molar-refractivity contribution in [1.29, 1.82) is 0 Å². The van der Waals surface area contributed by atoms with Crippen LogP contribution >= 0.6 is 0 Å². The van der Waals surface area contributed by atoms with Crippen molar-refractivity contribution in [2.45, 2.75) is 25.3 Å². The lowest BCUT2D eigenvalue weighted by atomic mass is 9.95. The van der Waals surface area contributed by atoms with Crippen LogP contribution in [0.1, 0.15) is 19.3 Å². The lowest BCUT2D eigenvalue weighted by Crippen LogP contribution is -2.50. The SMILES string of the molecule is CN1CCN(C2CCC(N)=C(N)C2)CC1. The van der Waals surface area contributed by atoms with Crippen LogP contribution in [-0.2, 0) is 0 Å². The third-order valence-corrected chi connectivity index (χ3v) is 3.67. The summed E-state index contributed by atoms with van der Waals surface area (Å²) in [6, 6.07) is 0.631. The lowest BCUT2D eigenvalue weighted by molar-refractivity contribution is 0.103. The van der Waals surface area contributed by atoms with Gasteiger partial charge in [-0.15, -0.1) is 0 Å². The van der Waals surface area contributed by atoms with Gasteiger partial charge < -0.3 is 16.4 Å². The van der Waals surface area contributed by atoms with E-state index in [2.05, 4.69) is 16.8 Å². The van der Waals surface area contributed by atoms with Crippen LogP contribution in [0, 0.1) is 0 Å². The minimum atomic E-state index is 0.631. The van der Waals surface area contributed by atoms with Crippen molar-refractivity contribution in [2.24, 2.45) is 11.5 Å². The zero-order chi connectivity index (χ0) is 10.8. The number of likely N-dealkylation sites (N-methyl/N-ethyl adjacent to an activating group) is 1. The topological polar surface area (TPSA) is 58.5 Å². The normalized spacial score (nSPS) is 30.9. The second kappa shape index (κ2) is 4.41. The molecule has 15 heavy (non-hydrogen) atoms. The maximum atomic E-state index is 5.92. The molecule has 0 bridgehead atoms. The van der Waals surface area contributed by atoms with E-state index in [0.29, 0.717) is 6.04 Å². The highest BCUT2D eigenvalue weighted by atomic mass is 15.3. The van der Waals surface area contributed by atoms with E-state index in [-0.39, 0.29) is 0 Å². The molecule has 2 rings (SSSR count). The van der Waals surface area contributed by atoms with E-state index in [9.17, 15) is 0 Å². The first-order chi connectivity index (χ1) is 7.16. The highest BCUT2D eigenvalue weighted by Crippen LogP contribution is 2.23. The molecule has 4 heteroatoms. The van der Waals surface area contributed by atoms with Gasteiger partial charge in [0.1, 0.15) is 0 Å². The second-order valence-electron chi connectivity index (χ2n) is 4.79.